The Morgan fingerprint density at radius 2 is 2.44 bits per heavy atom. The Hall–Kier alpha value is -1.13. The van der Waals surface area contributed by atoms with Gasteiger partial charge in [0.2, 0.25) is 5.91 Å². The van der Waals surface area contributed by atoms with E-state index in [0.717, 1.165) is 13.0 Å². The van der Waals surface area contributed by atoms with Gasteiger partial charge in [0.15, 0.2) is 0 Å². The molecule has 1 saturated heterocycles. The van der Waals surface area contributed by atoms with E-state index < -0.39 is 6.04 Å². The van der Waals surface area contributed by atoms with Gasteiger partial charge in [-0.15, -0.1) is 0 Å². The molecule has 0 aliphatic carbocycles. The predicted molar refractivity (Wildman–Crippen MR) is 66.0 cm³/mol. The van der Waals surface area contributed by atoms with Gasteiger partial charge in [0.25, 0.3) is 0 Å². The van der Waals surface area contributed by atoms with Gasteiger partial charge >= 0.3 is 0 Å². The number of nitrogens with zero attached hydrogens (tertiary/aromatic N) is 1. The van der Waals surface area contributed by atoms with Crippen molar-refractivity contribution in [2.45, 2.75) is 31.5 Å². The Balaban J connectivity index is 2.40. The number of likely N-dealkylation sites (N-methyl/N-ethyl adjacent to an activating group) is 1. The van der Waals surface area contributed by atoms with E-state index in [0.29, 0.717) is 6.04 Å². The van der Waals surface area contributed by atoms with Gasteiger partial charge in [-0.05, 0) is 13.5 Å². The number of hydrogen-bond acceptors (Lipinski definition) is 3. The average Bonchev–Trinajstić information content (AvgIpc) is 2.25. The van der Waals surface area contributed by atoms with E-state index in [1.165, 1.54) is 0 Å². The number of amides is 1. The van der Waals surface area contributed by atoms with Crippen LogP contribution in [-0.2, 0) is 4.79 Å². The summed E-state index contributed by atoms with van der Waals surface area (Å²) in [6.07, 6.45) is 5.98. The molecule has 0 bridgehead atoms. The van der Waals surface area contributed by atoms with Crippen LogP contribution in [-0.4, -0.2) is 42.5 Å². The molecular formula is C12H21N3O. The minimum absolute atomic E-state index is 0.116. The van der Waals surface area contributed by atoms with Crippen molar-refractivity contribution < 1.29 is 4.79 Å². The molecule has 90 valence electrons. The lowest BCUT2D eigenvalue weighted by molar-refractivity contribution is -0.124. The highest BCUT2D eigenvalue weighted by molar-refractivity contribution is 5.83. The van der Waals surface area contributed by atoms with Crippen molar-refractivity contribution in [2.75, 3.05) is 13.6 Å². The normalized spacial score (nSPS) is 27.4. The minimum Gasteiger partial charge on any atom is -0.349 e. The Morgan fingerprint density at radius 1 is 1.75 bits per heavy atom. The fourth-order valence-electron chi connectivity index (χ4n) is 2.04. The van der Waals surface area contributed by atoms with Gasteiger partial charge in [-0.1, -0.05) is 31.7 Å². The first kappa shape index (κ1) is 12.9. The molecule has 0 spiro atoms. The average molecular weight is 223 g/mol. The van der Waals surface area contributed by atoms with E-state index >= 15 is 0 Å². The van der Waals surface area contributed by atoms with Gasteiger partial charge in [-0.25, -0.2) is 0 Å². The van der Waals surface area contributed by atoms with Crippen LogP contribution in [0.2, 0.25) is 0 Å². The van der Waals surface area contributed by atoms with E-state index in [1.54, 1.807) is 18.2 Å². The van der Waals surface area contributed by atoms with Crippen LogP contribution in [0.4, 0.5) is 0 Å². The van der Waals surface area contributed by atoms with Crippen molar-refractivity contribution >= 4 is 5.91 Å². The number of allylic oxidation sites excluding steroid dienone is 2. The lowest BCUT2D eigenvalue weighted by Gasteiger charge is -2.46. The molecule has 1 aliphatic rings. The Kier molecular flexibility index (Phi) is 4.71. The first-order chi connectivity index (χ1) is 7.60. The lowest BCUT2D eigenvalue weighted by atomic mass is 9.94. The maximum atomic E-state index is 11.7. The zero-order valence-electron chi connectivity index (χ0n) is 10.0. The van der Waals surface area contributed by atoms with Crippen molar-refractivity contribution in [1.29, 1.82) is 0 Å². The molecule has 1 fully saturated rings. The van der Waals surface area contributed by atoms with Crippen LogP contribution < -0.4 is 11.1 Å². The van der Waals surface area contributed by atoms with Gasteiger partial charge in [0, 0.05) is 12.6 Å². The molecule has 1 heterocycles. The monoisotopic (exact) mass is 223 g/mol. The third-order valence-corrected chi connectivity index (χ3v) is 3.02. The van der Waals surface area contributed by atoms with E-state index in [-0.39, 0.29) is 11.9 Å². The molecule has 1 amide bonds. The molecule has 4 nitrogen and oxygen atoms in total. The third kappa shape index (κ3) is 2.93. The molecule has 3 N–H and O–H groups in total. The van der Waals surface area contributed by atoms with Gasteiger partial charge in [0.1, 0.15) is 6.04 Å². The summed E-state index contributed by atoms with van der Waals surface area (Å²) in [6, 6.07) is 0.103. The van der Waals surface area contributed by atoms with Crippen LogP contribution in [0, 0.1) is 0 Å². The fraction of sp³-hybridized carbons (Fsp3) is 0.583. The van der Waals surface area contributed by atoms with E-state index in [9.17, 15) is 4.79 Å². The van der Waals surface area contributed by atoms with Crippen molar-refractivity contribution in [3.63, 3.8) is 0 Å². The standard InChI is InChI=1S/C12H21N3O/c1-4-6-7-9(13)12(16)14-10-8-15(3)11(10)5-2/h4,6-7,9-11H,1,5,8,13H2,2-3H3,(H,14,16)/b7-6+/t9-,10-,11-/m1/s1. The van der Waals surface area contributed by atoms with E-state index in [2.05, 4.69) is 30.8 Å². The molecule has 0 aromatic carbocycles. The summed E-state index contributed by atoms with van der Waals surface area (Å²) in [5.41, 5.74) is 5.69. The number of carbonyl (C=O) groups excluding carboxylic acids is 1. The number of hydrogen-bond donors (Lipinski definition) is 2. The molecule has 0 saturated carbocycles. The van der Waals surface area contributed by atoms with Gasteiger partial charge in [-0.2, -0.15) is 0 Å². The van der Waals surface area contributed by atoms with Crippen molar-refractivity contribution in [3.8, 4) is 0 Å². The molecule has 0 aromatic rings. The summed E-state index contributed by atoms with van der Waals surface area (Å²) in [7, 11) is 2.06. The molecule has 1 aliphatic heterocycles. The van der Waals surface area contributed by atoms with Crippen LogP contribution in [0.15, 0.2) is 24.8 Å². The summed E-state index contributed by atoms with van der Waals surface area (Å²) in [6.45, 7) is 6.56. The topological polar surface area (TPSA) is 58.4 Å². The number of carbonyl (C=O) groups is 1. The summed E-state index contributed by atoms with van der Waals surface area (Å²) in [4.78, 5) is 13.9. The largest absolute Gasteiger partial charge is 0.349 e. The Bertz CT molecular complexity index is 288. The van der Waals surface area contributed by atoms with Crippen LogP contribution in [0.25, 0.3) is 0 Å². The van der Waals surface area contributed by atoms with Crippen LogP contribution in [0.1, 0.15) is 13.3 Å². The van der Waals surface area contributed by atoms with Crippen LogP contribution in [0.3, 0.4) is 0 Å². The first-order valence-corrected chi connectivity index (χ1v) is 5.65. The summed E-state index contributed by atoms with van der Waals surface area (Å²) in [5.74, 6) is -0.116. The quantitative estimate of drug-likeness (QED) is 0.658. The first-order valence-electron chi connectivity index (χ1n) is 5.65. The van der Waals surface area contributed by atoms with Crippen LogP contribution >= 0.6 is 0 Å². The molecule has 4 heteroatoms. The number of rotatable bonds is 5. The smallest absolute Gasteiger partial charge is 0.241 e. The molecule has 0 unspecified atom stereocenters. The van der Waals surface area contributed by atoms with Crippen molar-refractivity contribution in [3.05, 3.63) is 24.8 Å². The van der Waals surface area contributed by atoms with Gasteiger partial charge in [0.05, 0.1) is 6.04 Å². The lowest BCUT2D eigenvalue weighted by Crippen LogP contribution is -2.66. The second kappa shape index (κ2) is 5.82. The molecule has 1 rings (SSSR count). The SMILES string of the molecule is C=C/C=C/[C@@H](N)C(=O)N[C@@H]1CN(C)[C@@H]1CC. The maximum absolute atomic E-state index is 11.7. The summed E-state index contributed by atoms with van der Waals surface area (Å²) in [5, 5.41) is 2.97. The Morgan fingerprint density at radius 3 is 2.94 bits per heavy atom. The van der Waals surface area contributed by atoms with Crippen molar-refractivity contribution in [1.82, 2.24) is 10.2 Å². The minimum atomic E-state index is -0.582. The van der Waals surface area contributed by atoms with Crippen LogP contribution in [0.5, 0.6) is 0 Å². The van der Waals surface area contributed by atoms with Crippen molar-refractivity contribution in [2.24, 2.45) is 5.73 Å². The van der Waals surface area contributed by atoms with Gasteiger partial charge < -0.3 is 11.1 Å². The second-order valence-electron chi connectivity index (χ2n) is 4.18. The zero-order chi connectivity index (χ0) is 12.1. The molecule has 16 heavy (non-hydrogen) atoms. The zero-order valence-corrected chi connectivity index (χ0v) is 10.0. The summed E-state index contributed by atoms with van der Waals surface area (Å²) >= 11 is 0. The highest BCUT2D eigenvalue weighted by atomic mass is 16.2. The second-order valence-corrected chi connectivity index (χ2v) is 4.18. The third-order valence-electron chi connectivity index (χ3n) is 3.02. The van der Waals surface area contributed by atoms with Gasteiger partial charge in [-0.3, -0.25) is 9.69 Å². The molecule has 0 aromatic heterocycles. The highest BCUT2D eigenvalue weighted by Crippen LogP contribution is 2.18. The van der Waals surface area contributed by atoms with E-state index in [4.69, 9.17) is 5.73 Å². The molecule has 3 atom stereocenters. The highest BCUT2D eigenvalue weighted by Gasteiger charge is 2.36. The fourth-order valence-corrected chi connectivity index (χ4v) is 2.04. The maximum Gasteiger partial charge on any atom is 0.241 e. The number of nitrogens with one attached hydrogen (secondary N) is 1. The van der Waals surface area contributed by atoms with E-state index in [1.807, 2.05) is 0 Å². The Labute approximate surface area is 97.2 Å². The predicted octanol–water partition coefficient (Wildman–Crippen LogP) is 0.265. The molecular weight excluding hydrogens is 202 g/mol. The number of likely N-dealkylation sites (tertiary alicyclic amines) is 1. The number of nitrogens with two attached hydrogens (primary N) is 1. The summed E-state index contributed by atoms with van der Waals surface area (Å²) < 4.78 is 0. The molecule has 0 radical (unpaired) electrons.